The fourth-order valence-electron chi connectivity index (χ4n) is 1.67. The number of carbonyl (C=O) groups excluding carboxylic acids is 1. The highest BCUT2D eigenvalue weighted by Gasteiger charge is 2.18. The smallest absolute Gasteiger partial charge is 0.303 e. The Kier molecular flexibility index (Phi) is 5.07. The van der Waals surface area contributed by atoms with Gasteiger partial charge in [0.15, 0.2) is 0 Å². The summed E-state index contributed by atoms with van der Waals surface area (Å²) in [6.45, 7) is 2.90. The third-order valence-electron chi connectivity index (χ3n) is 2.51. The molecule has 1 aliphatic heterocycles. The molecule has 0 bridgehead atoms. The van der Waals surface area contributed by atoms with E-state index in [1.54, 1.807) is 6.92 Å². The lowest BCUT2D eigenvalue weighted by atomic mass is 10.0. The van der Waals surface area contributed by atoms with Crippen molar-refractivity contribution in [1.29, 1.82) is 0 Å². The van der Waals surface area contributed by atoms with Gasteiger partial charge in [0.2, 0.25) is 0 Å². The molecule has 0 aliphatic carbocycles. The summed E-state index contributed by atoms with van der Waals surface area (Å²) in [5, 5.41) is 11.6. The van der Waals surface area contributed by atoms with Crippen LogP contribution < -0.4 is 5.32 Å². The highest BCUT2D eigenvalue weighted by atomic mass is 32.2. The van der Waals surface area contributed by atoms with E-state index >= 15 is 0 Å². The molecule has 0 aromatic carbocycles. The van der Waals surface area contributed by atoms with E-state index in [2.05, 4.69) is 9.68 Å². The monoisotopic (exact) mass is 262 g/mol. The number of hydrogen-bond donors (Lipinski definition) is 2. The van der Waals surface area contributed by atoms with Crippen LogP contribution in [0.2, 0.25) is 0 Å². The molecule has 0 radical (unpaired) electrons. The molecule has 1 amide bonds. The van der Waals surface area contributed by atoms with Crippen molar-refractivity contribution < 1.29 is 18.9 Å². The maximum atomic E-state index is 12.1. The van der Waals surface area contributed by atoms with E-state index in [9.17, 15) is 13.8 Å². The van der Waals surface area contributed by atoms with Gasteiger partial charge in [-0.2, -0.15) is 4.36 Å². The molecule has 17 heavy (non-hydrogen) atoms. The first-order valence-corrected chi connectivity index (χ1v) is 7.44. The molecule has 0 aromatic rings. The summed E-state index contributed by atoms with van der Waals surface area (Å²) < 4.78 is 15.8. The van der Waals surface area contributed by atoms with Gasteiger partial charge < -0.3 is 10.4 Å². The fraction of sp³-hybridized carbons (Fsp3) is 0.800. The highest BCUT2D eigenvalue weighted by molar-refractivity contribution is 7.94. The van der Waals surface area contributed by atoms with Gasteiger partial charge in [-0.25, -0.2) is 4.21 Å². The predicted octanol–water partition coefficient (Wildman–Crippen LogP) is 0.0851. The average molecular weight is 262 g/mol. The van der Waals surface area contributed by atoms with Gasteiger partial charge in [0.1, 0.15) is 0 Å². The number of carbonyl (C=O) groups is 2. The van der Waals surface area contributed by atoms with Gasteiger partial charge in [0, 0.05) is 37.4 Å². The predicted molar refractivity (Wildman–Crippen MR) is 64.2 cm³/mol. The first kappa shape index (κ1) is 14.1. The first-order chi connectivity index (χ1) is 7.91. The Labute approximate surface area is 101 Å². The summed E-state index contributed by atoms with van der Waals surface area (Å²) in [5.74, 6) is -0.853. The van der Waals surface area contributed by atoms with Crippen LogP contribution >= 0.6 is 0 Å². The minimum atomic E-state index is -2.40. The molecule has 0 spiro atoms. The minimum Gasteiger partial charge on any atom is -0.481 e. The molecule has 0 saturated carbocycles. The summed E-state index contributed by atoms with van der Waals surface area (Å²) in [6.07, 6.45) is -0.0132. The molecule has 1 saturated heterocycles. The van der Waals surface area contributed by atoms with Crippen LogP contribution in [0.5, 0.6) is 0 Å². The molecule has 1 fully saturated rings. The molecule has 98 valence electrons. The Hall–Kier alpha value is -0.950. The van der Waals surface area contributed by atoms with Crippen LogP contribution in [0, 0.1) is 5.92 Å². The van der Waals surface area contributed by atoms with Crippen LogP contribution in [0.1, 0.15) is 19.8 Å². The van der Waals surface area contributed by atoms with Crippen molar-refractivity contribution in [2.45, 2.75) is 19.8 Å². The molecule has 0 aromatic heterocycles. The van der Waals surface area contributed by atoms with Crippen LogP contribution in [0.25, 0.3) is 0 Å². The third-order valence-corrected chi connectivity index (χ3v) is 4.73. The highest BCUT2D eigenvalue weighted by Crippen LogP contribution is 2.10. The number of nitrogens with zero attached hydrogens (tertiary/aromatic N) is 1. The summed E-state index contributed by atoms with van der Waals surface area (Å²) in [4.78, 5) is 22.0. The van der Waals surface area contributed by atoms with Crippen molar-refractivity contribution >= 4 is 21.6 Å². The lowest BCUT2D eigenvalue weighted by Crippen LogP contribution is -2.36. The Morgan fingerprint density at radius 1 is 1.35 bits per heavy atom. The standard InChI is InChI=1S/C10H18N2O4S/c1-8(7-10(14)15)6-9(13)12-17(16)4-2-11-3-5-17/h8,11H,2-7H2,1H3,(H,14,15). The number of amides is 1. The molecule has 1 heterocycles. The zero-order chi connectivity index (χ0) is 12.9. The Bertz CT molecular complexity index is 401. The van der Waals surface area contributed by atoms with Gasteiger partial charge >= 0.3 is 5.97 Å². The molecule has 7 heteroatoms. The van der Waals surface area contributed by atoms with Crippen LogP contribution in [0.15, 0.2) is 4.36 Å². The number of nitrogens with one attached hydrogen (secondary N) is 1. The molecule has 1 atom stereocenters. The quantitative estimate of drug-likeness (QED) is 0.748. The fourth-order valence-corrected chi connectivity index (χ4v) is 3.43. The molecule has 1 rings (SSSR count). The minimum absolute atomic E-state index is 0.0523. The van der Waals surface area contributed by atoms with Crippen molar-refractivity contribution in [3.8, 4) is 0 Å². The van der Waals surface area contributed by atoms with Crippen LogP contribution in [0.4, 0.5) is 0 Å². The lowest BCUT2D eigenvalue weighted by molar-refractivity contribution is -0.138. The Morgan fingerprint density at radius 2 is 1.94 bits per heavy atom. The number of carboxylic acid groups (broad SMARTS) is 1. The van der Waals surface area contributed by atoms with E-state index in [1.807, 2.05) is 0 Å². The van der Waals surface area contributed by atoms with E-state index in [-0.39, 0.29) is 18.8 Å². The molecular formula is C10H18N2O4S. The maximum absolute atomic E-state index is 12.1. The van der Waals surface area contributed by atoms with E-state index in [1.165, 1.54) is 0 Å². The van der Waals surface area contributed by atoms with Crippen LogP contribution in [0.3, 0.4) is 0 Å². The molecule has 1 unspecified atom stereocenters. The van der Waals surface area contributed by atoms with E-state index in [0.717, 1.165) is 0 Å². The average Bonchev–Trinajstić information content (AvgIpc) is 2.15. The number of aliphatic carboxylic acids is 1. The van der Waals surface area contributed by atoms with E-state index < -0.39 is 21.6 Å². The number of hydrogen-bond acceptors (Lipinski definition) is 4. The second-order valence-corrected chi connectivity index (χ2v) is 6.87. The van der Waals surface area contributed by atoms with Gasteiger partial charge in [-0.15, -0.1) is 0 Å². The summed E-state index contributed by atoms with van der Waals surface area (Å²) in [7, 11) is -2.40. The SMILES string of the molecule is CC(CC(=O)O)CC(=O)N=S1(=O)CCNCC1. The Balaban J connectivity index is 2.56. The van der Waals surface area contributed by atoms with Crippen molar-refractivity contribution in [3.05, 3.63) is 0 Å². The van der Waals surface area contributed by atoms with Crippen molar-refractivity contribution in [3.63, 3.8) is 0 Å². The second-order valence-electron chi connectivity index (χ2n) is 4.32. The largest absolute Gasteiger partial charge is 0.481 e. The zero-order valence-electron chi connectivity index (χ0n) is 9.85. The van der Waals surface area contributed by atoms with E-state index in [4.69, 9.17) is 5.11 Å². The van der Waals surface area contributed by atoms with Gasteiger partial charge in [-0.3, -0.25) is 9.59 Å². The van der Waals surface area contributed by atoms with Gasteiger partial charge in [0.25, 0.3) is 5.91 Å². The number of carboxylic acids is 1. The summed E-state index contributed by atoms with van der Waals surface area (Å²) in [6, 6.07) is 0. The maximum Gasteiger partial charge on any atom is 0.303 e. The molecule has 6 nitrogen and oxygen atoms in total. The topological polar surface area (TPSA) is 95.8 Å². The van der Waals surface area contributed by atoms with Crippen molar-refractivity contribution in [2.24, 2.45) is 10.3 Å². The van der Waals surface area contributed by atoms with Gasteiger partial charge in [0.05, 0.1) is 9.73 Å². The van der Waals surface area contributed by atoms with Gasteiger partial charge in [-0.1, -0.05) is 6.92 Å². The van der Waals surface area contributed by atoms with Crippen LogP contribution in [-0.2, 0) is 19.3 Å². The van der Waals surface area contributed by atoms with Crippen molar-refractivity contribution in [1.82, 2.24) is 5.32 Å². The van der Waals surface area contributed by atoms with Crippen molar-refractivity contribution in [2.75, 3.05) is 24.6 Å². The number of rotatable bonds is 4. The first-order valence-electron chi connectivity index (χ1n) is 5.59. The summed E-state index contributed by atoms with van der Waals surface area (Å²) >= 11 is 0. The molecule has 2 N–H and O–H groups in total. The van der Waals surface area contributed by atoms with Gasteiger partial charge in [-0.05, 0) is 5.92 Å². The zero-order valence-corrected chi connectivity index (χ0v) is 10.7. The molecular weight excluding hydrogens is 244 g/mol. The third kappa shape index (κ3) is 5.27. The normalized spacial score (nSPS) is 20.5. The molecule has 1 aliphatic rings. The lowest BCUT2D eigenvalue weighted by Gasteiger charge is -2.16. The van der Waals surface area contributed by atoms with E-state index in [0.29, 0.717) is 24.6 Å². The Morgan fingerprint density at radius 3 is 2.47 bits per heavy atom. The van der Waals surface area contributed by atoms with Crippen LogP contribution in [-0.4, -0.2) is 45.8 Å². The second kappa shape index (κ2) is 6.11. The summed E-state index contributed by atoms with van der Waals surface area (Å²) in [5.41, 5.74) is 0.